The summed E-state index contributed by atoms with van der Waals surface area (Å²) in [4.78, 5) is 5.53. The average Bonchev–Trinajstić information content (AvgIpc) is 2.88. The van der Waals surface area contributed by atoms with Gasteiger partial charge in [-0.05, 0) is 12.0 Å². The molecule has 0 atom stereocenters. The number of rotatable bonds is 5. The summed E-state index contributed by atoms with van der Waals surface area (Å²) < 4.78 is 26.5. The number of H-pyrrole nitrogens is 1. The maximum atomic E-state index is 12.5. The molecule has 114 valence electrons. The van der Waals surface area contributed by atoms with Crippen molar-refractivity contribution in [2.75, 3.05) is 32.7 Å². The van der Waals surface area contributed by atoms with Crippen molar-refractivity contribution in [3.05, 3.63) is 18.0 Å². The topological polar surface area (TPSA) is 82.4 Å². The van der Waals surface area contributed by atoms with Crippen LogP contribution in [0.1, 0.15) is 19.5 Å². The van der Waals surface area contributed by atoms with E-state index in [1.165, 1.54) is 6.20 Å². The Bertz CT molecular complexity index is 530. The predicted octanol–water partition coefficient (Wildman–Crippen LogP) is 0.436. The highest BCUT2D eigenvalue weighted by Gasteiger charge is 2.29. The molecule has 1 aromatic rings. The Labute approximate surface area is 121 Å². The van der Waals surface area contributed by atoms with Crippen LogP contribution in [0.5, 0.6) is 0 Å². The van der Waals surface area contributed by atoms with Crippen LogP contribution in [0.4, 0.5) is 0 Å². The van der Waals surface area contributed by atoms with Crippen LogP contribution in [-0.4, -0.2) is 55.3 Å². The highest BCUT2D eigenvalue weighted by atomic mass is 32.2. The first kappa shape index (κ1) is 15.5. The minimum Gasteiger partial charge on any atom is -0.363 e. The number of piperazine rings is 1. The van der Waals surface area contributed by atoms with Gasteiger partial charge in [0.25, 0.3) is 0 Å². The maximum absolute atomic E-state index is 12.5. The summed E-state index contributed by atoms with van der Waals surface area (Å²) in [5, 5.41) is 0. The lowest BCUT2D eigenvalue weighted by Gasteiger charge is -2.34. The van der Waals surface area contributed by atoms with Crippen molar-refractivity contribution >= 4 is 10.0 Å². The minimum absolute atomic E-state index is 0.315. The fraction of sp³-hybridized carbons (Fsp3) is 0.692. The van der Waals surface area contributed by atoms with Crippen molar-refractivity contribution in [3.8, 4) is 0 Å². The normalized spacial score (nSPS) is 18.8. The molecule has 6 nitrogen and oxygen atoms in total. The summed E-state index contributed by atoms with van der Waals surface area (Å²) >= 11 is 0. The predicted molar refractivity (Wildman–Crippen MR) is 78.7 cm³/mol. The van der Waals surface area contributed by atoms with Gasteiger partial charge in [0, 0.05) is 51.2 Å². The lowest BCUT2D eigenvalue weighted by atomic mass is 10.2. The Kier molecular flexibility index (Phi) is 4.85. The molecule has 1 saturated heterocycles. The average molecular weight is 300 g/mol. The van der Waals surface area contributed by atoms with E-state index in [1.54, 1.807) is 10.4 Å². The molecule has 0 unspecified atom stereocenters. The third-order valence-corrected chi connectivity index (χ3v) is 5.41. The molecule has 0 saturated carbocycles. The molecule has 3 N–H and O–H groups in total. The first-order chi connectivity index (χ1) is 9.43. The van der Waals surface area contributed by atoms with E-state index in [9.17, 15) is 8.42 Å². The van der Waals surface area contributed by atoms with Crippen LogP contribution in [0.3, 0.4) is 0 Å². The Balaban J connectivity index is 2.02. The van der Waals surface area contributed by atoms with Gasteiger partial charge in [-0.15, -0.1) is 0 Å². The van der Waals surface area contributed by atoms with Crippen molar-refractivity contribution in [3.63, 3.8) is 0 Å². The van der Waals surface area contributed by atoms with Gasteiger partial charge in [0.05, 0.1) is 4.90 Å². The summed E-state index contributed by atoms with van der Waals surface area (Å²) in [5.41, 5.74) is 6.24. The van der Waals surface area contributed by atoms with Crippen LogP contribution in [0.2, 0.25) is 0 Å². The van der Waals surface area contributed by atoms with Crippen molar-refractivity contribution in [1.82, 2.24) is 14.2 Å². The SMILES string of the molecule is CC(C)CN1CCN(S(=O)(=O)c2c[nH]c(CN)c2)CC1. The summed E-state index contributed by atoms with van der Waals surface area (Å²) in [6, 6.07) is 1.62. The second-order valence-corrected chi connectivity index (χ2v) is 7.60. The molecule has 2 rings (SSSR count). The summed E-state index contributed by atoms with van der Waals surface area (Å²) in [6.07, 6.45) is 1.53. The Morgan fingerprint density at radius 2 is 1.95 bits per heavy atom. The number of hydrogen-bond acceptors (Lipinski definition) is 4. The van der Waals surface area contributed by atoms with E-state index >= 15 is 0 Å². The number of sulfonamides is 1. The zero-order valence-electron chi connectivity index (χ0n) is 12.2. The molecule has 1 aromatic heterocycles. The Hall–Kier alpha value is -0.890. The first-order valence-corrected chi connectivity index (χ1v) is 8.47. The molecule has 1 aliphatic rings. The largest absolute Gasteiger partial charge is 0.363 e. The van der Waals surface area contributed by atoms with Gasteiger partial charge < -0.3 is 15.6 Å². The van der Waals surface area contributed by atoms with Crippen LogP contribution in [0, 0.1) is 5.92 Å². The summed E-state index contributed by atoms with van der Waals surface area (Å²) in [6.45, 7) is 8.40. The number of hydrogen-bond donors (Lipinski definition) is 2. The van der Waals surface area contributed by atoms with Crippen LogP contribution in [-0.2, 0) is 16.6 Å². The van der Waals surface area contributed by atoms with Crippen LogP contribution in [0.25, 0.3) is 0 Å². The van der Waals surface area contributed by atoms with Crippen LogP contribution in [0.15, 0.2) is 17.2 Å². The molecule has 2 heterocycles. The number of nitrogens with zero attached hydrogens (tertiary/aromatic N) is 2. The van der Waals surface area contributed by atoms with E-state index in [0.29, 0.717) is 30.4 Å². The zero-order valence-corrected chi connectivity index (χ0v) is 13.0. The van der Waals surface area contributed by atoms with Gasteiger partial charge >= 0.3 is 0 Å². The first-order valence-electron chi connectivity index (χ1n) is 7.03. The third kappa shape index (κ3) is 3.41. The summed E-state index contributed by atoms with van der Waals surface area (Å²) in [7, 11) is -3.38. The quantitative estimate of drug-likeness (QED) is 0.826. The van der Waals surface area contributed by atoms with Gasteiger partial charge in [-0.2, -0.15) is 4.31 Å². The number of nitrogens with one attached hydrogen (secondary N) is 1. The Morgan fingerprint density at radius 1 is 1.30 bits per heavy atom. The molecule has 0 aromatic carbocycles. The van der Waals surface area contributed by atoms with Gasteiger partial charge in [-0.3, -0.25) is 0 Å². The van der Waals surface area contributed by atoms with Crippen molar-refractivity contribution < 1.29 is 8.42 Å². The van der Waals surface area contributed by atoms with Crippen molar-refractivity contribution in [2.24, 2.45) is 11.7 Å². The van der Waals surface area contributed by atoms with E-state index in [-0.39, 0.29) is 0 Å². The fourth-order valence-corrected chi connectivity index (χ4v) is 3.94. The highest BCUT2D eigenvalue weighted by molar-refractivity contribution is 7.89. The Morgan fingerprint density at radius 3 is 2.45 bits per heavy atom. The second-order valence-electron chi connectivity index (χ2n) is 5.66. The molecule has 0 spiro atoms. The number of aromatic amines is 1. The highest BCUT2D eigenvalue weighted by Crippen LogP contribution is 2.18. The maximum Gasteiger partial charge on any atom is 0.244 e. The molecule has 0 amide bonds. The fourth-order valence-electron chi connectivity index (χ4n) is 2.50. The van der Waals surface area contributed by atoms with Gasteiger partial charge in [-0.1, -0.05) is 13.8 Å². The van der Waals surface area contributed by atoms with Gasteiger partial charge in [0.1, 0.15) is 0 Å². The summed E-state index contributed by atoms with van der Waals surface area (Å²) in [5.74, 6) is 0.606. The zero-order chi connectivity index (χ0) is 14.8. The molecular formula is C13H24N4O2S. The van der Waals surface area contributed by atoms with E-state index in [1.807, 2.05) is 0 Å². The number of nitrogens with two attached hydrogens (primary N) is 1. The molecule has 0 radical (unpaired) electrons. The lowest BCUT2D eigenvalue weighted by Crippen LogP contribution is -2.49. The molecular weight excluding hydrogens is 276 g/mol. The number of aromatic nitrogens is 1. The molecule has 1 fully saturated rings. The molecule has 20 heavy (non-hydrogen) atoms. The van der Waals surface area contributed by atoms with E-state index in [0.717, 1.165) is 25.3 Å². The smallest absolute Gasteiger partial charge is 0.244 e. The van der Waals surface area contributed by atoms with Crippen LogP contribution >= 0.6 is 0 Å². The van der Waals surface area contributed by atoms with Crippen molar-refractivity contribution in [2.45, 2.75) is 25.3 Å². The van der Waals surface area contributed by atoms with E-state index in [2.05, 4.69) is 23.7 Å². The van der Waals surface area contributed by atoms with Gasteiger partial charge in [0.15, 0.2) is 0 Å². The van der Waals surface area contributed by atoms with Crippen molar-refractivity contribution in [1.29, 1.82) is 0 Å². The second kappa shape index (κ2) is 6.26. The standard InChI is InChI=1S/C13H24N4O2S/c1-11(2)10-16-3-5-17(6-4-16)20(18,19)13-7-12(8-14)15-9-13/h7,9,11,15H,3-6,8,10,14H2,1-2H3. The molecule has 0 bridgehead atoms. The van der Waals surface area contributed by atoms with E-state index in [4.69, 9.17) is 5.73 Å². The van der Waals surface area contributed by atoms with Gasteiger partial charge in [0.2, 0.25) is 10.0 Å². The lowest BCUT2D eigenvalue weighted by molar-refractivity contribution is 0.172. The van der Waals surface area contributed by atoms with Gasteiger partial charge in [-0.25, -0.2) is 8.42 Å². The molecule has 0 aliphatic carbocycles. The third-order valence-electron chi connectivity index (χ3n) is 3.53. The molecule has 1 aliphatic heterocycles. The molecule has 7 heteroatoms. The minimum atomic E-state index is -3.38. The van der Waals surface area contributed by atoms with E-state index < -0.39 is 10.0 Å². The van der Waals surface area contributed by atoms with Crippen LogP contribution < -0.4 is 5.73 Å². The monoisotopic (exact) mass is 300 g/mol.